The number of aryl methyl sites for hydroxylation is 1. The van der Waals surface area contributed by atoms with Gasteiger partial charge in [-0.1, -0.05) is 6.07 Å². The summed E-state index contributed by atoms with van der Waals surface area (Å²) in [6, 6.07) is 8.75. The van der Waals surface area contributed by atoms with Crippen molar-refractivity contribution in [3.05, 3.63) is 78.3 Å². The van der Waals surface area contributed by atoms with E-state index in [-0.39, 0.29) is 29.8 Å². The van der Waals surface area contributed by atoms with Gasteiger partial charge in [-0.05, 0) is 31.5 Å². The van der Waals surface area contributed by atoms with Crippen LogP contribution in [0.1, 0.15) is 12.2 Å². The number of pyridine rings is 1. The van der Waals surface area contributed by atoms with Crippen LogP contribution in [0.15, 0.2) is 55.0 Å². The highest BCUT2D eigenvalue weighted by Gasteiger charge is 2.41. The number of methoxy groups -OCH3 is 1. The number of fused-ring (bicyclic) bond motifs is 6. The first kappa shape index (κ1) is 31.5. The normalized spacial score (nSPS) is 19.6. The molecule has 6 heterocycles. The number of aromatic nitrogens is 7. The van der Waals surface area contributed by atoms with Gasteiger partial charge in [0.25, 0.3) is 0 Å². The molecule has 1 amide bonds. The van der Waals surface area contributed by atoms with E-state index in [9.17, 15) is 23.1 Å². The summed E-state index contributed by atoms with van der Waals surface area (Å²) in [6.07, 6.45) is 2.60. The predicted octanol–water partition coefficient (Wildman–Crippen LogP) is 4.20. The minimum Gasteiger partial charge on any atom is -0.505 e. The number of likely N-dealkylation sites (N-methyl/N-ethyl adjacent to an activating group) is 1. The number of phenols is 1. The topological polar surface area (TPSA) is 139 Å². The molecule has 4 aromatic heterocycles. The lowest BCUT2D eigenvalue weighted by Crippen LogP contribution is -2.47. The van der Waals surface area contributed by atoms with E-state index in [0.29, 0.717) is 70.7 Å². The minimum absolute atomic E-state index is 0.149. The summed E-state index contributed by atoms with van der Waals surface area (Å²) in [5.74, 6) is -1.69. The highest BCUT2D eigenvalue weighted by molar-refractivity contribution is 5.94. The van der Waals surface area contributed by atoms with Crippen molar-refractivity contribution in [2.45, 2.75) is 38.1 Å². The van der Waals surface area contributed by atoms with Gasteiger partial charge >= 0.3 is 0 Å². The number of carbonyl (C=O) groups excluding carboxylic acids is 1. The van der Waals surface area contributed by atoms with E-state index < -0.39 is 35.3 Å². The van der Waals surface area contributed by atoms with E-state index in [1.807, 2.05) is 34.6 Å². The van der Waals surface area contributed by atoms with Gasteiger partial charge in [-0.2, -0.15) is 5.10 Å². The third-order valence-electron chi connectivity index (χ3n) is 9.37. The van der Waals surface area contributed by atoms with Crippen molar-refractivity contribution < 1.29 is 27.8 Å². The van der Waals surface area contributed by atoms with Gasteiger partial charge in [-0.3, -0.25) is 4.79 Å². The number of aromatic hydroxyl groups is 1. The third-order valence-corrected chi connectivity index (χ3v) is 9.37. The summed E-state index contributed by atoms with van der Waals surface area (Å²) in [7, 11) is 3.29. The molecule has 3 atom stereocenters. The number of benzene rings is 2. The van der Waals surface area contributed by atoms with Crippen molar-refractivity contribution in [2.75, 3.05) is 37.5 Å². The Morgan fingerprint density at radius 2 is 1.84 bits per heavy atom. The zero-order valence-electron chi connectivity index (χ0n) is 27.2. The van der Waals surface area contributed by atoms with Gasteiger partial charge in [0, 0.05) is 57.1 Å². The molecule has 16 heteroatoms. The highest BCUT2D eigenvalue weighted by atomic mass is 19.1. The lowest BCUT2D eigenvalue weighted by Gasteiger charge is -2.30. The zero-order chi connectivity index (χ0) is 34.8. The Hall–Kier alpha value is -5.77. The number of anilines is 2. The van der Waals surface area contributed by atoms with Gasteiger partial charge in [0.2, 0.25) is 5.91 Å². The van der Waals surface area contributed by atoms with Crippen LogP contribution >= 0.6 is 0 Å². The van der Waals surface area contributed by atoms with Gasteiger partial charge in [0.1, 0.15) is 52.9 Å². The molecule has 1 saturated heterocycles. The van der Waals surface area contributed by atoms with Crippen LogP contribution in [0.3, 0.4) is 0 Å². The Morgan fingerprint density at radius 3 is 2.64 bits per heavy atom. The third kappa shape index (κ3) is 5.22. The number of phenolic OH excluding ortho intramolecular Hbond substituents is 1. The molecular formula is C34H31F3N10O3. The molecule has 0 spiro atoms. The van der Waals surface area contributed by atoms with E-state index in [4.69, 9.17) is 9.72 Å². The van der Waals surface area contributed by atoms with Crippen molar-refractivity contribution in [1.82, 2.24) is 39.2 Å². The summed E-state index contributed by atoms with van der Waals surface area (Å²) < 4.78 is 52.5. The fraction of sp³-hybridized carbons (Fsp3) is 0.294. The van der Waals surface area contributed by atoms with E-state index in [0.717, 1.165) is 10.7 Å². The van der Waals surface area contributed by atoms with Crippen molar-refractivity contribution in [3.63, 3.8) is 0 Å². The van der Waals surface area contributed by atoms with Crippen molar-refractivity contribution >= 4 is 39.6 Å². The maximum Gasteiger partial charge on any atom is 0.245 e. The van der Waals surface area contributed by atoms with E-state index in [1.54, 1.807) is 19.1 Å². The quantitative estimate of drug-likeness (QED) is 0.279. The molecule has 0 aliphatic carbocycles. The number of rotatable bonds is 3. The summed E-state index contributed by atoms with van der Waals surface area (Å²) in [6.45, 7) is 2.73. The first-order valence-corrected chi connectivity index (χ1v) is 15.9. The molecule has 50 heavy (non-hydrogen) atoms. The molecule has 13 nitrogen and oxygen atoms in total. The summed E-state index contributed by atoms with van der Waals surface area (Å²) in [5.41, 5.74) is 2.11. The zero-order valence-corrected chi connectivity index (χ0v) is 27.2. The van der Waals surface area contributed by atoms with Gasteiger partial charge in [-0.25, -0.2) is 37.8 Å². The second kappa shape index (κ2) is 12.0. The number of ether oxygens (including phenoxy) is 1. The summed E-state index contributed by atoms with van der Waals surface area (Å²) in [4.78, 5) is 36.1. The van der Waals surface area contributed by atoms with E-state index in [2.05, 4.69) is 25.4 Å². The van der Waals surface area contributed by atoms with Crippen LogP contribution in [0.25, 0.3) is 39.0 Å². The van der Waals surface area contributed by atoms with Crippen LogP contribution in [0.5, 0.6) is 5.75 Å². The Morgan fingerprint density at radius 1 is 1.02 bits per heavy atom. The van der Waals surface area contributed by atoms with Crippen LogP contribution in [-0.4, -0.2) is 95.6 Å². The van der Waals surface area contributed by atoms with Crippen LogP contribution in [0.4, 0.5) is 24.8 Å². The first-order chi connectivity index (χ1) is 24.1. The molecule has 0 unspecified atom stereocenters. The number of imidazole rings is 1. The molecule has 8 rings (SSSR count). The maximum atomic E-state index is 14.9. The molecule has 4 bridgehead atoms. The van der Waals surface area contributed by atoms with Crippen LogP contribution in [0.2, 0.25) is 0 Å². The molecule has 0 saturated carbocycles. The van der Waals surface area contributed by atoms with E-state index >= 15 is 0 Å². The second-order valence-electron chi connectivity index (χ2n) is 12.6. The molecule has 2 aliphatic heterocycles. The molecule has 2 aliphatic rings. The monoisotopic (exact) mass is 684 g/mol. The summed E-state index contributed by atoms with van der Waals surface area (Å²) >= 11 is 0. The number of halogens is 3. The number of hydrogen-bond donors (Lipinski definition) is 2. The first-order valence-electron chi connectivity index (χ1n) is 15.9. The van der Waals surface area contributed by atoms with Crippen molar-refractivity contribution in [2.24, 2.45) is 0 Å². The molecule has 1 fully saturated rings. The second-order valence-corrected chi connectivity index (χ2v) is 12.6. The number of amides is 1. The van der Waals surface area contributed by atoms with Crippen LogP contribution < -0.4 is 10.2 Å². The lowest BCUT2D eigenvalue weighted by molar-refractivity contribution is -0.132. The number of carbonyl (C=O) groups is 1. The maximum absolute atomic E-state index is 14.9. The van der Waals surface area contributed by atoms with Gasteiger partial charge in [-0.15, -0.1) is 0 Å². The largest absolute Gasteiger partial charge is 0.505 e. The predicted molar refractivity (Wildman–Crippen MR) is 177 cm³/mol. The number of nitrogens with one attached hydrogen (secondary N) is 1. The minimum atomic E-state index is -1.03. The number of hydrogen-bond acceptors (Lipinski definition) is 10. The van der Waals surface area contributed by atoms with Crippen molar-refractivity contribution in [1.29, 1.82) is 0 Å². The Balaban J connectivity index is 1.23. The molecule has 0 radical (unpaired) electrons. The van der Waals surface area contributed by atoms with Gasteiger partial charge < -0.3 is 29.5 Å². The summed E-state index contributed by atoms with van der Waals surface area (Å²) in [5, 5.41) is 18.5. The van der Waals surface area contributed by atoms with E-state index in [1.165, 1.54) is 24.7 Å². The standard InChI is InChI=1S/C34H31F3N10O3/c1-17-41-26-9-18(35)7-22-25-5-4-6-29(43-25)42-20-11-27(34(49)44(2)14-21(50-3)15-45(17)30(22)26)46(13-20)32-23-12-40-47(33(23)39-16-38-32)31-24(37)8-19(36)10-28(31)48/h4-10,12,16,20-21,27,48H,11,13-15H2,1-3H3,(H,42,43)/t20-,21+,27-/m0/s1. The fourth-order valence-corrected chi connectivity index (χ4v) is 7.10. The van der Waals surface area contributed by atoms with Gasteiger partial charge in [0.15, 0.2) is 11.5 Å². The Bertz CT molecular complexity index is 2290. The van der Waals surface area contributed by atoms with Gasteiger partial charge in [0.05, 0.1) is 41.0 Å². The molecule has 256 valence electrons. The molecule has 2 N–H and O–H groups in total. The van der Waals surface area contributed by atoms with Crippen LogP contribution in [-0.2, 0) is 16.1 Å². The van der Waals surface area contributed by atoms with Crippen LogP contribution in [0, 0.1) is 24.4 Å². The average molecular weight is 685 g/mol. The highest BCUT2D eigenvalue weighted by Crippen LogP contribution is 2.36. The van der Waals surface area contributed by atoms with Crippen molar-refractivity contribution in [3.8, 4) is 22.7 Å². The molecule has 2 aromatic carbocycles. The fourth-order valence-electron chi connectivity index (χ4n) is 7.10. The SMILES string of the molecule is CO[C@@H]1CN(C)C(=O)[C@@H]2C[C@@H](CN2c2ncnc3c2cnn3-c2c(O)cc(F)cc2F)Nc2cccc(n2)-c2cc(F)cc3nc(C)n(c23)C1. The Labute approximate surface area is 283 Å². The molecular weight excluding hydrogens is 653 g/mol. The lowest BCUT2D eigenvalue weighted by atomic mass is 10.1. The smallest absolute Gasteiger partial charge is 0.245 e. The Kier molecular flexibility index (Phi) is 7.54. The molecule has 6 aromatic rings. The number of nitrogens with zero attached hydrogens (tertiary/aromatic N) is 9. The average Bonchev–Trinajstić information content (AvgIpc) is 3.78.